The number of nitrogens with zero attached hydrogens (tertiary/aromatic N) is 3. The van der Waals surface area contributed by atoms with Gasteiger partial charge in [0.25, 0.3) is 5.89 Å². The molecule has 22 heavy (non-hydrogen) atoms. The minimum atomic E-state index is 0.280. The maximum absolute atomic E-state index is 5.65. The molecule has 0 aliphatic heterocycles. The second-order valence-electron chi connectivity index (χ2n) is 5.52. The lowest BCUT2D eigenvalue weighted by Gasteiger charge is -2.12. The highest BCUT2D eigenvalue weighted by atomic mass is 16.4. The zero-order valence-corrected chi connectivity index (χ0v) is 13.0. The first-order valence-electron chi connectivity index (χ1n) is 7.34. The lowest BCUT2D eigenvalue weighted by Crippen LogP contribution is -2.30. The van der Waals surface area contributed by atoms with Crippen LogP contribution in [0.25, 0.3) is 11.7 Å². The lowest BCUT2D eigenvalue weighted by atomic mass is 10.3. The van der Waals surface area contributed by atoms with E-state index in [9.17, 15) is 0 Å². The molecule has 6 nitrogen and oxygen atoms in total. The van der Waals surface area contributed by atoms with Crippen molar-refractivity contribution in [1.29, 1.82) is 0 Å². The summed E-state index contributed by atoms with van der Waals surface area (Å²) in [5.74, 6) is 1.98. The molecule has 0 spiro atoms. The fourth-order valence-corrected chi connectivity index (χ4v) is 2.28. The zero-order valence-electron chi connectivity index (χ0n) is 13.0. The molecule has 1 N–H and O–H groups in total. The molecule has 0 amide bonds. The number of nitrogens with one attached hydrogen (secondary N) is 1. The van der Waals surface area contributed by atoms with Gasteiger partial charge in [-0.3, -0.25) is 4.68 Å². The van der Waals surface area contributed by atoms with Gasteiger partial charge in [-0.15, -0.1) is 0 Å². The van der Waals surface area contributed by atoms with Gasteiger partial charge >= 0.3 is 0 Å². The monoisotopic (exact) mass is 300 g/mol. The van der Waals surface area contributed by atoms with Gasteiger partial charge in [0.1, 0.15) is 5.76 Å². The molecule has 6 heteroatoms. The summed E-state index contributed by atoms with van der Waals surface area (Å²) in [6.45, 7) is 7.54. The molecule has 0 aliphatic rings. The Morgan fingerprint density at radius 2 is 2.23 bits per heavy atom. The van der Waals surface area contributed by atoms with Crippen molar-refractivity contribution in [2.45, 2.75) is 39.9 Å². The molecule has 0 bridgehead atoms. The Kier molecular flexibility index (Phi) is 4.11. The van der Waals surface area contributed by atoms with Crippen molar-refractivity contribution in [1.82, 2.24) is 20.1 Å². The summed E-state index contributed by atoms with van der Waals surface area (Å²) in [6, 6.07) is 3.94. The predicted molar refractivity (Wildman–Crippen MR) is 82.2 cm³/mol. The summed E-state index contributed by atoms with van der Waals surface area (Å²) in [4.78, 5) is 4.49. The van der Waals surface area contributed by atoms with Gasteiger partial charge < -0.3 is 14.2 Å². The molecule has 3 rings (SSSR count). The molecule has 0 saturated heterocycles. The Balaban J connectivity index is 1.59. The average molecular weight is 300 g/mol. The van der Waals surface area contributed by atoms with E-state index in [4.69, 9.17) is 8.83 Å². The van der Waals surface area contributed by atoms with Crippen LogP contribution in [0.2, 0.25) is 0 Å². The minimum absolute atomic E-state index is 0.280. The van der Waals surface area contributed by atoms with Crippen LogP contribution < -0.4 is 5.32 Å². The number of hydrogen-bond donors (Lipinski definition) is 1. The van der Waals surface area contributed by atoms with Crippen LogP contribution in [0, 0.1) is 13.8 Å². The third kappa shape index (κ3) is 3.28. The van der Waals surface area contributed by atoms with Crippen LogP contribution in [0.15, 0.2) is 39.6 Å². The van der Waals surface area contributed by atoms with Crippen molar-refractivity contribution in [3.63, 3.8) is 0 Å². The number of aryl methyl sites for hydroxylation is 2. The molecular formula is C16H20N4O2. The maximum atomic E-state index is 5.65. The van der Waals surface area contributed by atoms with E-state index in [0.29, 0.717) is 18.2 Å². The normalized spacial score (nSPS) is 12.7. The first kappa shape index (κ1) is 14.6. The van der Waals surface area contributed by atoms with Crippen LogP contribution in [-0.2, 0) is 13.1 Å². The third-order valence-electron chi connectivity index (χ3n) is 3.47. The number of furan rings is 1. The van der Waals surface area contributed by atoms with Gasteiger partial charge in [0, 0.05) is 18.8 Å². The van der Waals surface area contributed by atoms with Crippen LogP contribution in [0.1, 0.15) is 23.9 Å². The van der Waals surface area contributed by atoms with Crippen LogP contribution in [0.3, 0.4) is 0 Å². The molecule has 3 aromatic heterocycles. The molecule has 1 atom stereocenters. The molecule has 0 radical (unpaired) electrons. The lowest BCUT2D eigenvalue weighted by molar-refractivity contribution is 0.446. The average Bonchev–Trinajstić information content (AvgIpc) is 3.18. The SMILES string of the molecule is Cc1cnn(C[C@@H](C)NCc2nc(-c3ccco3)oc2C)c1. The molecule has 3 heterocycles. The first-order valence-corrected chi connectivity index (χ1v) is 7.34. The fourth-order valence-electron chi connectivity index (χ4n) is 2.28. The van der Waals surface area contributed by atoms with Crippen LogP contribution in [-0.4, -0.2) is 20.8 Å². The topological polar surface area (TPSA) is 69.0 Å². The Bertz CT molecular complexity index is 727. The molecule has 0 saturated carbocycles. The summed E-state index contributed by atoms with van der Waals surface area (Å²) >= 11 is 0. The molecule has 0 unspecified atom stereocenters. The number of rotatable bonds is 6. The summed E-state index contributed by atoms with van der Waals surface area (Å²) in [7, 11) is 0. The van der Waals surface area contributed by atoms with Crippen molar-refractivity contribution in [2.75, 3.05) is 0 Å². The van der Waals surface area contributed by atoms with E-state index in [2.05, 4.69) is 22.3 Å². The molecule has 116 valence electrons. The van der Waals surface area contributed by atoms with Crippen LogP contribution in [0.4, 0.5) is 0 Å². The van der Waals surface area contributed by atoms with Crippen LogP contribution in [0.5, 0.6) is 0 Å². The van der Waals surface area contributed by atoms with E-state index < -0.39 is 0 Å². The molecule has 0 fully saturated rings. The first-order chi connectivity index (χ1) is 10.6. The van der Waals surface area contributed by atoms with E-state index in [1.54, 1.807) is 6.26 Å². The Morgan fingerprint density at radius 1 is 1.36 bits per heavy atom. The van der Waals surface area contributed by atoms with Crippen molar-refractivity contribution in [3.05, 3.63) is 47.8 Å². The van der Waals surface area contributed by atoms with E-state index in [-0.39, 0.29) is 6.04 Å². The van der Waals surface area contributed by atoms with Gasteiger partial charge in [0.05, 0.1) is 24.7 Å². The Hall–Kier alpha value is -2.34. The van der Waals surface area contributed by atoms with Gasteiger partial charge in [-0.25, -0.2) is 4.98 Å². The smallest absolute Gasteiger partial charge is 0.263 e. The highest BCUT2D eigenvalue weighted by Crippen LogP contribution is 2.21. The van der Waals surface area contributed by atoms with E-state index in [1.165, 1.54) is 5.56 Å². The van der Waals surface area contributed by atoms with Gasteiger partial charge in [-0.2, -0.15) is 5.10 Å². The largest absolute Gasteiger partial charge is 0.459 e. The Morgan fingerprint density at radius 3 is 2.91 bits per heavy atom. The second kappa shape index (κ2) is 6.19. The summed E-state index contributed by atoms with van der Waals surface area (Å²) in [5, 5.41) is 7.74. The van der Waals surface area contributed by atoms with Crippen molar-refractivity contribution in [3.8, 4) is 11.7 Å². The minimum Gasteiger partial charge on any atom is -0.459 e. The molecular weight excluding hydrogens is 280 g/mol. The quantitative estimate of drug-likeness (QED) is 0.758. The standard InChI is InChI=1S/C16H20N4O2/c1-11-7-18-20(9-11)10-12(2)17-8-14-13(3)22-16(19-14)15-5-4-6-21-15/h4-7,9,12,17H,8,10H2,1-3H3/t12-/m1/s1. The van der Waals surface area contributed by atoms with E-state index in [1.807, 2.05) is 43.1 Å². The predicted octanol–water partition coefficient (Wildman–Crippen LogP) is 2.93. The van der Waals surface area contributed by atoms with Crippen molar-refractivity contribution < 1.29 is 8.83 Å². The van der Waals surface area contributed by atoms with E-state index in [0.717, 1.165) is 18.0 Å². The molecule has 0 aliphatic carbocycles. The fraction of sp³-hybridized carbons (Fsp3) is 0.375. The number of aromatic nitrogens is 3. The van der Waals surface area contributed by atoms with Crippen LogP contribution >= 0.6 is 0 Å². The summed E-state index contributed by atoms with van der Waals surface area (Å²) in [5.41, 5.74) is 2.07. The van der Waals surface area contributed by atoms with Gasteiger partial charge in [0.2, 0.25) is 0 Å². The zero-order chi connectivity index (χ0) is 15.5. The van der Waals surface area contributed by atoms with Gasteiger partial charge in [0.15, 0.2) is 5.76 Å². The Labute approximate surface area is 129 Å². The van der Waals surface area contributed by atoms with Gasteiger partial charge in [-0.05, 0) is 38.5 Å². The number of hydrogen-bond acceptors (Lipinski definition) is 5. The number of oxazole rings is 1. The second-order valence-corrected chi connectivity index (χ2v) is 5.52. The maximum Gasteiger partial charge on any atom is 0.263 e. The molecule has 0 aromatic carbocycles. The third-order valence-corrected chi connectivity index (χ3v) is 3.47. The van der Waals surface area contributed by atoms with Crippen molar-refractivity contribution in [2.24, 2.45) is 0 Å². The van der Waals surface area contributed by atoms with Gasteiger partial charge in [-0.1, -0.05) is 0 Å². The molecule has 3 aromatic rings. The van der Waals surface area contributed by atoms with Crippen molar-refractivity contribution >= 4 is 0 Å². The highest BCUT2D eigenvalue weighted by Gasteiger charge is 2.14. The summed E-state index contributed by atoms with van der Waals surface area (Å²) in [6.07, 6.45) is 5.51. The van der Waals surface area contributed by atoms with E-state index >= 15 is 0 Å². The summed E-state index contributed by atoms with van der Waals surface area (Å²) < 4.78 is 12.9. The highest BCUT2D eigenvalue weighted by molar-refractivity contribution is 5.44.